The molecule has 0 saturated heterocycles. The van der Waals surface area contributed by atoms with E-state index in [9.17, 15) is 9.59 Å². The summed E-state index contributed by atoms with van der Waals surface area (Å²) in [5.74, 6) is 2.83. The first-order valence-electron chi connectivity index (χ1n) is 10.5. The van der Waals surface area contributed by atoms with Gasteiger partial charge < -0.3 is 0 Å². The molecular weight excluding hydrogens is 340 g/mol. The normalized spacial score (nSPS) is 42.4. The van der Waals surface area contributed by atoms with Gasteiger partial charge in [-0.15, -0.1) is 11.8 Å². The molecule has 4 rings (SSSR count). The summed E-state index contributed by atoms with van der Waals surface area (Å²) < 4.78 is 0. The number of carbonyl (C=O) groups is 2. The summed E-state index contributed by atoms with van der Waals surface area (Å²) in [6, 6.07) is 0. The maximum atomic E-state index is 12.6. The Morgan fingerprint density at radius 2 is 1.96 bits per heavy atom. The van der Waals surface area contributed by atoms with Crippen molar-refractivity contribution in [1.82, 2.24) is 0 Å². The van der Waals surface area contributed by atoms with Crippen molar-refractivity contribution in [3.05, 3.63) is 23.1 Å². The third-order valence-electron chi connectivity index (χ3n) is 8.38. The summed E-state index contributed by atoms with van der Waals surface area (Å²) in [7, 11) is 0. The minimum absolute atomic E-state index is 0.0488. The molecule has 26 heavy (non-hydrogen) atoms. The predicted molar refractivity (Wildman–Crippen MR) is 108 cm³/mol. The Labute approximate surface area is 162 Å². The minimum atomic E-state index is -0.0488. The lowest BCUT2D eigenvalue weighted by molar-refractivity contribution is -0.133. The van der Waals surface area contributed by atoms with E-state index in [4.69, 9.17) is 0 Å². The van der Waals surface area contributed by atoms with Gasteiger partial charge in [0, 0.05) is 18.3 Å². The van der Waals surface area contributed by atoms with Gasteiger partial charge in [-0.25, -0.2) is 0 Å². The van der Waals surface area contributed by atoms with Crippen molar-refractivity contribution in [2.45, 2.75) is 71.1 Å². The number of carbonyl (C=O) groups excluding carboxylic acids is 2. The summed E-state index contributed by atoms with van der Waals surface area (Å²) in [6.07, 6.45) is 16.9. The van der Waals surface area contributed by atoms with Crippen LogP contribution in [0.1, 0.15) is 71.1 Å². The Morgan fingerprint density at radius 3 is 2.77 bits per heavy atom. The Morgan fingerprint density at radius 1 is 1.12 bits per heavy atom. The average molecular weight is 373 g/mol. The van der Waals surface area contributed by atoms with E-state index in [0.717, 1.165) is 44.9 Å². The van der Waals surface area contributed by atoms with Crippen LogP contribution in [-0.4, -0.2) is 17.8 Å². The van der Waals surface area contributed by atoms with Gasteiger partial charge in [0.2, 0.25) is 0 Å². The van der Waals surface area contributed by atoms with Crippen molar-refractivity contribution in [2.75, 3.05) is 6.26 Å². The van der Waals surface area contributed by atoms with Crippen LogP contribution in [0.2, 0.25) is 0 Å². The van der Waals surface area contributed by atoms with E-state index in [0.29, 0.717) is 29.3 Å². The van der Waals surface area contributed by atoms with E-state index in [1.165, 1.54) is 24.8 Å². The molecule has 142 valence electrons. The van der Waals surface area contributed by atoms with Crippen molar-refractivity contribution in [3.63, 3.8) is 0 Å². The molecule has 2 nitrogen and oxygen atoms in total. The zero-order chi connectivity index (χ0) is 18.4. The van der Waals surface area contributed by atoms with Crippen LogP contribution in [0, 0.1) is 28.6 Å². The quantitative estimate of drug-likeness (QED) is 0.632. The lowest BCUT2D eigenvalue weighted by Crippen LogP contribution is -2.51. The third-order valence-corrected chi connectivity index (χ3v) is 8.85. The average Bonchev–Trinajstić information content (AvgIpc) is 2.94. The second-order valence-electron chi connectivity index (χ2n) is 9.27. The highest BCUT2D eigenvalue weighted by molar-refractivity contribution is 8.01. The zero-order valence-electron chi connectivity index (χ0n) is 16.3. The smallest absolute Gasteiger partial charge is 0.155 e. The summed E-state index contributed by atoms with van der Waals surface area (Å²) in [5.41, 5.74) is 1.64. The Kier molecular flexibility index (Phi) is 4.96. The highest BCUT2D eigenvalue weighted by Crippen LogP contribution is 2.65. The molecule has 0 aliphatic heterocycles. The SMILES string of the molecule is CSC=CCC[C@]12CCC(=O)C=C1CC[C@@H]1[C@H]2CC[C@]2(C)C(=O)CC[C@@H]12. The molecular formula is C23H32O2S. The van der Waals surface area contributed by atoms with Gasteiger partial charge in [-0.05, 0) is 92.3 Å². The number of allylic oxidation sites excluding steroid dienone is 2. The number of thioether (sulfide) groups is 1. The summed E-state index contributed by atoms with van der Waals surface area (Å²) in [6.45, 7) is 2.26. The fraction of sp³-hybridized carbons (Fsp3) is 0.739. The number of ketones is 2. The van der Waals surface area contributed by atoms with Gasteiger partial charge in [0.1, 0.15) is 5.78 Å². The van der Waals surface area contributed by atoms with Crippen LogP contribution in [0.4, 0.5) is 0 Å². The fourth-order valence-corrected chi connectivity index (χ4v) is 7.44. The van der Waals surface area contributed by atoms with Crippen molar-refractivity contribution < 1.29 is 9.59 Å². The molecule has 0 spiro atoms. The van der Waals surface area contributed by atoms with Gasteiger partial charge in [-0.2, -0.15) is 0 Å². The van der Waals surface area contributed by atoms with E-state index in [-0.39, 0.29) is 10.8 Å². The van der Waals surface area contributed by atoms with Gasteiger partial charge in [0.05, 0.1) is 0 Å². The molecule has 3 fully saturated rings. The fourth-order valence-electron chi connectivity index (χ4n) is 7.11. The second-order valence-corrected chi connectivity index (χ2v) is 10.0. The Hall–Kier alpha value is -0.830. The molecule has 0 N–H and O–H groups in total. The number of fused-ring (bicyclic) bond motifs is 5. The standard InChI is InChI=1S/C23H32O2S/c1-22-12-10-20-18(19(22)7-8-21(22)25)6-5-16-15-17(24)9-13-23(16,20)11-3-4-14-26-2/h4,14-15,18-20H,3,5-13H2,1-2H3/t18-,19-,20+,22-,23-/m0/s1. The first-order chi connectivity index (χ1) is 12.5. The molecule has 0 radical (unpaired) electrons. The first kappa shape index (κ1) is 18.5. The minimum Gasteiger partial charge on any atom is -0.299 e. The molecule has 5 atom stereocenters. The maximum Gasteiger partial charge on any atom is 0.155 e. The number of Topliss-reactive ketones (excluding diaryl/α,β-unsaturated/α-hetero) is 1. The van der Waals surface area contributed by atoms with Crippen LogP contribution in [0.5, 0.6) is 0 Å². The maximum absolute atomic E-state index is 12.6. The number of hydrogen-bond acceptors (Lipinski definition) is 3. The van der Waals surface area contributed by atoms with Crippen LogP contribution in [-0.2, 0) is 9.59 Å². The molecule has 0 aromatic heterocycles. The Balaban J connectivity index is 1.66. The molecule has 0 unspecified atom stereocenters. The monoisotopic (exact) mass is 372 g/mol. The third kappa shape index (κ3) is 2.77. The van der Waals surface area contributed by atoms with Gasteiger partial charge >= 0.3 is 0 Å². The van der Waals surface area contributed by atoms with Gasteiger partial charge in [-0.3, -0.25) is 9.59 Å². The predicted octanol–water partition coefficient (Wildman–Crippen LogP) is 5.72. The Bertz CT molecular complexity index is 663. The first-order valence-corrected chi connectivity index (χ1v) is 11.7. The van der Waals surface area contributed by atoms with Crippen molar-refractivity contribution >= 4 is 23.3 Å². The van der Waals surface area contributed by atoms with Crippen LogP contribution in [0.25, 0.3) is 0 Å². The molecule has 4 aliphatic rings. The van der Waals surface area contributed by atoms with Crippen LogP contribution < -0.4 is 0 Å². The van der Waals surface area contributed by atoms with Crippen LogP contribution >= 0.6 is 11.8 Å². The number of rotatable bonds is 4. The molecule has 0 aromatic rings. The largest absolute Gasteiger partial charge is 0.299 e. The highest BCUT2D eigenvalue weighted by atomic mass is 32.2. The lowest BCUT2D eigenvalue weighted by atomic mass is 9.46. The van der Waals surface area contributed by atoms with Crippen molar-refractivity contribution in [3.8, 4) is 0 Å². The van der Waals surface area contributed by atoms with Crippen LogP contribution in [0.15, 0.2) is 23.1 Å². The van der Waals surface area contributed by atoms with Crippen molar-refractivity contribution in [2.24, 2.45) is 28.6 Å². The molecule has 0 amide bonds. The lowest BCUT2D eigenvalue weighted by Gasteiger charge is -2.58. The molecule has 0 heterocycles. The van der Waals surface area contributed by atoms with E-state index in [2.05, 4.69) is 24.7 Å². The summed E-state index contributed by atoms with van der Waals surface area (Å²) >= 11 is 1.76. The summed E-state index contributed by atoms with van der Waals surface area (Å²) in [5, 5.41) is 2.20. The van der Waals surface area contributed by atoms with E-state index >= 15 is 0 Å². The van der Waals surface area contributed by atoms with Gasteiger partial charge in [-0.1, -0.05) is 18.6 Å². The highest BCUT2D eigenvalue weighted by Gasteiger charge is 2.59. The molecule has 3 heteroatoms. The topological polar surface area (TPSA) is 34.1 Å². The molecule has 4 aliphatic carbocycles. The van der Waals surface area contributed by atoms with E-state index < -0.39 is 0 Å². The molecule has 0 aromatic carbocycles. The van der Waals surface area contributed by atoms with Crippen LogP contribution in [0.3, 0.4) is 0 Å². The zero-order valence-corrected chi connectivity index (χ0v) is 17.1. The molecule has 3 saturated carbocycles. The number of hydrogen-bond donors (Lipinski definition) is 0. The summed E-state index contributed by atoms with van der Waals surface area (Å²) in [4.78, 5) is 24.7. The van der Waals surface area contributed by atoms with Gasteiger partial charge in [0.25, 0.3) is 0 Å². The molecule has 0 bridgehead atoms. The second kappa shape index (κ2) is 6.96. The van der Waals surface area contributed by atoms with Gasteiger partial charge in [0.15, 0.2) is 5.78 Å². The van der Waals surface area contributed by atoms with E-state index in [1.807, 2.05) is 6.08 Å². The van der Waals surface area contributed by atoms with E-state index in [1.54, 1.807) is 11.8 Å². The van der Waals surface area contributed by atoms with Crippen molar-refractivity contribution in [1.29, 1.82) is 0 Å².